The molecule has 1 amide bonds. The van der Waals surface area contributed by atoms with Crippen LogP contribution < -0.4 is 0 Å². The maximum atomic E-state index is 11.7. The molecule has 0 bridgehead atoms. The third-order valence-corrected chi connectivity index (χ3v) is 3.39. The Morgan fingerprint density at radius 3 is 2.80 bits per heavy atom. The highest BCUT2D eigenvalue weighted by Crippen LogP contribution is 2.27. The van der Waals surface area contributed by atoms with Gasteiger partial charge in [-0.1, -0.05) is 0 Å². The first-order chi connectivity index (χ1) is 7.20. The highest BCUT2D eigenvalue weighted by molar-refractivity contribution is 6.18. The number of likely N-dealkylation sites (tertiary alicyclic amines) is 1. The lowest BCUT2D eigenvalue weighted by Gasteiger charge is -2.22. The lowest BCUT2D eigenvalue weighted by molar-refractivity contribution is -0.126. The fraction of sp³-hybridized carbons (Fsp3) is 0.636. The standard InChI is InChI=1S/C11H14ClNO2/c12-6-8-4-11(15)13(7-8)9-2-1-3-10(14)5-9/h5,8H,1-4,6-7H2. The van der Waals surface area contributed by atoms with Crippen LogP contribution in [0.3, 0.4) is 0 Å². The number of carbonyl (C=O) groups is 2. The Hall–Kier alpha value is -0.830. The van der Waals surface area contributed by atoms with Gasteiger partial charge < -0.3 is 4.90 Å². The van der Waals surface area contributed by atoms with E-state index in [9.17, 15) is 9.59 Å². The van der Waals surface area contributed by atoms with Gasteiger partial charge in [-0.05, 0) is 18.8 Å². The van der Waals surface area contributed by atoms with Gasteiger partial charge in [0.2, 0.25) is 5.91 Å². The van der Waals surface area contributed by atoms with E-state index in [4.69, 9.17) is 11.6 Å². The Bertz CT molecular complexity index is 325. The van der Waals surface area contributed by atoms with Crippen molar-refractivity contribution in [1.29, 1.82) is 0 Å². The minimum Gasteiger partial charge on any atom is -0.316 e. The number of rotatable bonds is 2. The van der Waals surface area contributed by atoms with E-state index < -0.39 is 0 Å². The molecule has 1 fully saturated rings. The largest absolute Gasteiger partial charge is 0.316 e. The molecule has 2 rings (SSSR count). The summed E-state index contributed by atoms with van der Waals surface area (Å²) in [5.74, 6) is 1.01. The molecule has 1 atom stereocenters. The number of alkyl halides is 1. The second-order valence-corrected chi connectivity index (χ2v) is 4.49. The molecule has 1 aliphatic heterocycles. The quantitative estimate of drug-likeness (QED) is 0.674. The van der Waals surface area contributed by atoms with Crippen LogP contribution in [0.2, 0.25) is 0 Å². The number of nitrogens with zero attached hydrogens (tertiary/aromatic N) is 1. The smallest absolute Gasteiger partial charge is 0.227 e. The van der Waals surface area contributed by atoms with Gasteiger partial charge in [-0.25, -0.2) is 0 Å². The van der Waals surface area contributed by atoms with Crippen LogP contribution in [0.15, 0.2) is 11.8 Å². The Kier molecular flexibility index (Phi) is 3.10. The molecule has 0 saturated carbocycles. The SMILES string of the molecule is O=C1C=C(N2CC(CCl)CC2=O)CCC1. The summed E-state index contributed by atoms with van der Waals surface area (Å²) in [5, 5.41) is 0. The van der Waals surface area contributed by atoms with Crippen molar-refractivity contribution in [3.8, 4) is 0 Å². The summed E-state index contributed by atoms with van der Waals surface area (Å²) in [7, 11) is 0. The number of carbonyl (C=O) groups excluding carboxylic acids is 2. The van der Waals surface area contributed by atoms with Gasteiger partial charge in [-0.3, -0.25) is 9.59 Å². The van der Waals surface area contributed by atoms with E-state index in [1.54, 1.807) is 11.0 Å². The first-order valence-corrected chi connectivity index (χ1v) is 5.84. The second-order valence-electron chi connectivity index (χ2n) is 4.18. The summed E-state index contributed by atoms with van der Waals surface area (Å²) in [4.78, 5) is 24.7. The van der Waals surface area contributed by atoms with Crippen molar-refractivity contribution >= 4 is 23.3 Å². The molecule has 4 heteroatoms. The molecule has 0 aromatic heterocycles. The van der Waals surface area contributed by atoms with Crippen molar-refractivity contribution in [2.24, 2.45) is 5.92 Å². The third-order valence-electron chi connectivity index (χ3n) is 2.95. The normalized spacial score (nSPS) is 27.1. The van der Waals surface area contributed by atoms with E-state index in [-0.39, 0.29) is 17.6 Å². The zero-order chi connectivity index (χ0) is 10.8. The predicted octanol–water partition coefficient (Wildman–Crippen LogP) is 1.71. The Balaban J connectivity index is 2.11. The van der Waals surface area contributed by atoms with Crippen molar-refractivity contribution < 1.29 is 9.59 Å². The van der Waals surface area contributed by atoms with Gasteiger partial charge in [0, 0.05) is 37.0 Å². The molecule has 82 valence electrons. The summed E-state index contributed by atoms with van der Waals surface area (Å²) < 4.78 is 0. The van der Waals surface area contributed by atoms with Crippen molar-refractivity contribution in [1.82, 2.24) is 4.90 Å². The van der Waals surface area contributed by atoms with Crippen LogP contribution in [0.1, 0.15) is 25.7 Å². The van der Waals surface area contributed by atoms with E-state index in [0.29, 0.717) is 25.3 Å². The maximum Gasteiger partial charge on any atom is 0.227 e. The van der Waals surface area contributed by atoms with Crippen LogP contribution in [0.4, 0.5) is 0 Å². The average molecular weight is 228 g/mol. The molecule has 0 N–H and O–H groups in total. The molecular weight excluding hydrogens is 214 g/mol. The number of ketones is 1. The molecule has 0 aromatic carbocycles. The van der Waals surface area contributed by atoms with Gasteiger partial charge in [0.25, 0.3) is 0 Å². The first-order valence-electron chi connectivity index (χ1n) is 5.30. The summed E-state index contributed by atoms with van der Waals surface area (Å²) in [6.45, 7) is 0.682. The molecule has 3 nitrogen and oxygen atoms in total. The summed E-state index contributed by atoms with van der Waals surface area (Å²) >= 11 is 5.74. The Labute approximate surface area is 94.1 Å². The van der Waals surface area contributed by atoms with Crippen molar-refractivity contribution in [2.75, 3.05) is 12.4 Å². The second kappa shape index (κ2) is 4.35. The molecule has 0 aromatic rings. The fourth-order valence-electron chi connectivity index (χ4n) is 2.15. The summed E-state index contributed by atoms with van der Waals surface area (Å²) in [5.41, 5.74) is 0.892. The molecule has 2 aliphatic rings. The summed E-state index contributed by atoms with van der Waals surface area (Å²) in [6, 6.07) is 0. The van der Waals surface area contributed by atoms with Crippen LogP contribution in [0.5, 0.6) is 0 Å². The van der Waals surface area contributed by atoms with Crippen molar-refractivity contribution in [2.45, 2.75) is 25.7 Å². The number of hydrogen-bond acceptors (Lipinski definition) is 2. The first kappa shape index (κ1) is 10.7. The van der Waals surface area contributed by atoms with Crippen LogP contribution in [-0.4, -0.2) is 29.0 Å². The third kappa shape index (κ3) is 2.23. The van der Waals surface area contributed by atoms with E-state index in [2.05, 4.69) is 0 Å². The Morgan fingerprint density at radius 2 is 2.20 bits per heavy atom. The highest BCUT2D eigenvalue weighted by atomic mass is 35.5. The highest BCUT2D eigenvalue weighted by Gasteiger charge is 2.31. The van der Waals surface area contributed by atoms with Crippen molar-refractivity contribution in [3.05, 3.63) is 11.8 Å². The molecule has 0 spiro atoms. The van der Waals surface area contributed by atoms with Crippen LogP contribution in [0, 0.1) is 5.92 Å². The lowest BCUT2D eigenvalue weighted by atomic mass is 10.0. The van der Waals surface area contributed by atoms with Gasteiger partial charge in [-0.2, -0.15) is 0 Å². The number of hydrogen-bond donors (Lipinski definition) is 0. The molecule has 15 heavy (non-hydrogen) atoms. The van der Waals surface area contributed by atoms with Gasteiger partial charge in [0.15, 0.2) is 5.78 Å². The molecule has 1 aliphatic carbocycles. The van der Waals surface area contributed by atoms with Gasteiger partial charge in [-0.15, -0.1) is 11.6 Å². The minimum absolute atomic E-state index is 0.113. The van der Waals surface area contributed by atoms with Gasteiger partial charge >= 0.3 is 0 Å². The van der Waals surface area contributed by atoms with Gasteiger partial charge in [0.1, 0.15) is 0 Å². The van der Waals surface area contributed by atoms with Crippen LogP contribution >= 0.6 is 11.6 Å². The molecule has 1 saturated heterocycles. The van der Waals surface area contributed by atoms with E-state index in [0.717, 1.165) is 18.5 Å². The average Bonchev–Trinajstić information content (AvgIpc) is 2.60. The van der Waals surface area contributed by atoms with Crippen molar-refractivity contribution in [3.63, 3.8) is 0 Å². The number of allylic oxidation sites excluding steroid dienone is 2. The molecule has 0 radical (unpaired) electrons. The fourth-order valence-corrected chi connectivity index (χ4v) is 2.36. The van der Waals surface area contributed by atoms with Gasteiger partial charge in [0.05, 0.1) is 0 Å². The molecule has 1 unspecified atom stereocenters. The van der Waals surface area contributed by atoms with Crippen LogP contribution in [0.25, 0.3) is 0 Å². The minimum atomic E-state index is 0.113. The predicted molar refractivity (Wildman–Crippen MR) is 57.5 cm³/mol. The van der Waals surface area contributed by atoms with E-state index in [1.807, 2.05) is 0 Å². The Morgan fingerprint density at radius 1 is 1.40 bits per heavy atom. The zero-order valence-electron chi connectivity index (χ0n) is 8.54. The van der Waals surface area contributed by atoms with Crippen LogP contribution in [-0.2, 0) is 9.59 Å². The molecule has 1 heterocycles. The van der Waals surface area contributed by atoms with E-state index in [1.165, 1.54) is 0 Å². The number of amides is 1. The summed E-state index contributed by atoms with van der Waals surface area (Å²) in [6.07, 6.45) is 4.46. The number of halogens is 1. The monoisotopic (exact) mass is 227 g/mol. The zero-order valence-corrected chi connectivity index (χ0v) is 9.29. The molecular formula is C11H14ClNO2. The topological polar surface area (TPSA) is 37.4 Å². The maximum absolute atomic E-state index is 11.7. The lowest BCUT2D eigenvalue weighted by Crippen LogP contribution is -2.27. The van der Waals surface area contributed by atoms with E-state index >= 15 is 0 Å².